The molecule has 3 rings (SSSR count). The van der Waals surface area contributed by atoms with Crippen molar-refractivity contribution in [2.75, 3.05) is 13.2 Å². The molecule has 104 valence electrons. The number of fused-ring (bicyclic) bond motifs is 1. The Labute approximate surface area is 109 Å². The number of aliphatic imine (C=N–C) groups is 1. The number of amidine groups is 1. The number of hydrazone groups is 1. The molecule has 1 saturated carbocycles. The van der Waals surface area contributed by atoms with Gasteiger partial charge in [-0.3, -0.25) is 10.5 Å². The molecule has 0 aromatic heterocycles. The molecule has 0 aromatic rings. The van der Waals surface area contributed by atoms with Crippen LogP contribution in [0.2, 0.25) is 0 Å². The Kier molecular flexibility index (Phi) is 2.88. The highest BCUT2D eigenvalue weighted by Gasteiger charge is 2.48. The second-order valence-corrected chi connectivity index (χ2v) is 4.89. The lowest BCUT2D eigenvalue weighted by atomic mass is 9.69. The van der Waals surface area contributed by atoms with Crippen LogP contribution in [-0.2, 0) is 4.79 Å². The number of amides is 1. The Morgan fingerprint density at radius 1 is 1.42 bits per heavy atom. The highest BCUT2D eigenvalue weighted by Crippen LogP contribution is 2.38. The van der Waals surface area contributed by atoms with E-state index in [0.29, 0.717) is 12.3 Å². The fourth-order valence-corrected chi connectivity index (χ4v) is 2.74. The Hall–Kier alpha value is -1.71. The van der Waals surface area contributed by atoms with Crippen LogP contribution in [0.3, 0.4) is 0 Å². The molecule has 1 unspecified atom stereocenters. The number of carbonyl (C=O) groups is 1. The van der Waals surface area contributed by atoms with Crippen LogP contribution in [0.25, 0.3) is 0 Å². The number of rotatable bonds is 3. The molecule has 0 saturated heterocycles. The lowest BCUT2D eigenvalue weighted by molar-refractivity contribution is -0.115. The fraction of sp³-hybridized carbons (Fsp3) is 0.700. The normalized spacial score (nSPS) is 36.8. The van der Waals surface area contributed by atoms with Gasteiger partial charge in [-0.2, -0.15) is 5.10 Å². The minimum absolute atomic E-state index is 0.0328. The third kappa shape index (κ3) is 1.78. The van der Waals surface area contributed by atoms with Gasteiger partial charge in [0.25, 0.3) is 5.91 Å². The molecular formula is C10H16N6O3. The van der Waals surface area contributed by atoms with E-state index < -0.39 is 6.29 Å². The minimum atomic E-state index is -0.787. The largest absolute Gasteiger partial charge is 0.396 e. The van der Waals surface area contributed by atoms with Crippen molar-refractivity contribution in [1.29, 1.82) is 0 Å². The summed E-state index contributed by atoms with van der Waals surface area (Å²) in [7, 11) is 0. The number of nitrogens with one attached hydrogen (secondary N) is 2. The molecule has 2 heterocycles. The number of hydrazine groups is 1. The van der Waals surface area contributed by atoms with Gasteiger partial charge in [-0.25, -0.2) is 15.5 Å². The first kappa shape index (κ1) is 12.3. The van der Waals surface area contributed by atoms with E-state index in [0.717, 1.165) is 0 Å². The maximum atomic E-state index is 11.7. The van der Waals surface area contributed by atoms with Crippen LogP contribution < -0.4 is 16.6 Å². The van der Waals surface area contributed by atoms with Gasteiger partial charge < -0.3 is 15.5 Å². The molecule has 1 aliphatic carbocycles. The first-order valence-electron chi connectivity index (χ1n) is 6.14. The van der Waals surface area contributed by atoms with Crippen LogP contribution in [0.4, 0.5) is 0 Å². The summed E-state index contributed by atoms with van der Waals surface area (Å²) in [5, 5.41) is 26.6. The Morgan fingerprint density at radius 2 is 2.21 bits per heavy atom. The topological polar surface area (TPSA) is 136 Å². The molecule has 0 spiro atoms. The Bertz CT molecular complexity index is 464. The van der Waals surface area contributed by atoms with Crippen molar-refractivity contribution >= 4 is 17.5 Å². The average Bonchev–Trinajstić information content (AvgIpc) is 2.73. The fourth-order valence-electron chi connectivity index (χ4n) is 2.74. The summed E-state index contributed by atoms with van der Waals surface area (Å²) in [5.41, 5.74) is 8.55. The third-order valence-electron chi connectivity index (χ3n) is 3.89. The molecule has 9 nitrogen and oxygen atoms in total. The predicted molar refractivity (Wildman–Crippen MR) is 65.5 cm³/mol. The van der Waals surface area contributed by atoms with E-state index in [1.54, 1.807) is 5.01 Å². The van der Waals surface area contributed by atoms with Crippen molar-refractivity contribution in [3.63, 3.8) is 0 Å². The van der Waals surface area contributed by atoms with Crippen molar-refractivity contribution in [3.05, 3.63) is 0 Å². The maximum absolute atomic E-state index is 11.7. The Balaban J connectivity index is 1.80. The summed E-state index contributed by atoms with van der Waals surface area (Å²) in [4.78, 5) is 15.8. The van der Waals surface area contributed by atoms with E-state index >= 15 is 0 Å². The van der Waals surface area contributed by atoms with Gasteiger partial charge >= 0.3 is 0 Å². The molecule has 9 heteroatoms. The van der Waals surface area contributed by atoms with Crippen LogP contribution in [-0.4, -0.2) is 58.2 Å². The number of carbonyl (C=O) groups excluding carboxylic acids is 1. The van der Waals surface area contributed by atoms with E-state index in [1.807, 2.05) is 0 Å². The molecule has 0 radical (unpaired) electrons. The van der Waals surface area contributed by atoms with Crippen molar-refractivity contribution in [2.24, 2.45) is 27.7 Å². The third-order valence-corrected chi connectivity index (χ3v) is 3.89. The van der Waals surface area contributed by atoms with E-state index in [9.17, 15) is 15.0 Å². The zero-order chi connectivity index (χ0) is 13.6. The zero-order valence-corrected chi connectivity index (χ0v) is 10.2. The van der Waals surface area contributed by atoms with Crippen LogP contribution in [0, 0.1) is 11.8 Å². The van der Waals surface area contributed by atoms with Crippen molar-refractivity contribution in [3.8, 4) is 0 Å². The van der Waals surface area contributed by atoms with Crippen molar-refractivity contribution in [1.82, 2.24) is 15.9 Å². The summed E-state index contributed by atoms with van der Waals surface area (Å²) in [6.45, 7) is 0.00466. The number of nitrogens with two attached hydrogens (primary N) is 1. The number of aliphatic hydroxyl groups excluding tert-OH is 2. The highest BCUT2D eigenvalue weighted by molar-refractivity contribution is 6.67. The second-order valence-electron chi connectivity index (χ2n) is 4.89. The van der Waals surface area contributed by atoms with E-state index in [-0.39, 0.29) is 42.7 Å². The molecule has 2 aliphatic heterocycles. The number of hydrogen-bond donors (Lipinski definition) is 5. The predicted octanol–water partition coefficient (Wildman–Crippen LogP) is -3.08. The quantitative estimate of drug-likeness (QED) is 0.368. The molecule has 1 amide bonds. The van der Waals surface area contributed by atoms with Gasteiger partial charge in [0.05, 0.1) is 6.04 Å². The Morgan fingerprint density at radius 3 is 2.89 bits per heavy atom. The first-order valence-corrected chi connectivity index (χ1v) is 6.14. The van der Waals surface area contributed by atoms with Crippen molar-refractivity contribution in [2.45, 2.75) is 18.8 Å². The molecular weight excluding hydrogens is 252 g/mol. The number of nitrogens with zero attached hydrogens (tertiary/aromatic N) is 3. The van der Waals surface area contributed by atoms with Gasteiger partial charge in [-0.1, -0.05) is 0 Å². The second kappa shape index (κ2) is 4.44. The van der Waals surface area contributed by atoms with E-state index in [2.05, 4.69) is 20.9 Å². The standard InChI is InChI=1S/C10H16N6O3/c11-10-12-8-7(9(19)13-10)14-15-16(8)6-1-4(2-17)5(6)3-18/h4-6,10,15,17-18H,1-3,11H2,(H,13,19)/t4-,5-,6-,10?/m0/s1. The van der Waals surface area contributed by atoms with Crippen LogP contribution >= 0.6 is 0 Å². The highest BCUT2D eigenvalue weighted by atomic mass is 16.3. The zero-order valence-electron chi connectivity index (χ0n) is 10.2. The summed E-state index contributed by atoms with van der Waals surface area (Å²) in [5.74, 6) is 0.0191. The monoisotopic (exact) mass is 268 g/mol. The van der Waals surface area contributed by atoms with Crippen molar-refractivity contribution < 1.29 is 15.0 Å². The van der Waals surface area contributed by atoms with Crippen LogP contribution in [0.15, 0.2) is 10.1 Å². The summed E-state index contributed by atoms with van der Waals surface area (Å²) in [6, 6.07) is -0.0553. The summed E-state index contributed by atoms with van der Waals surface area (Å²) < 4.78 is 0. The first-order chi connectivity index (χ1) is 9.15. The SMILES string of the molecule is NC1N=C2C(=NNN2[C@H]2C[C@@H](CO)[C@@H]2CO)C(=O)N1. The number of aliphatic hydroxyl groups is 2. The lowest BCUT2D eigenvalue weighted by Crippen LogP contribution is -2.61. The molecule has 0 aromatic carbocycles. The van der Waals surface area contributed by atoms with E-state index in [1.165, 1.54) is 0 Å². The molecule has 3 aliphatic rings. The van der Waals surface area contributed by atoms with Crippen LogP contribution in [0.5, 0.6) is 0 Å². The molecule has 1 fully saturated rings. The van der Waals surface area contributed by atoms with Gasteiger partial charge in [0.15, 0.2) is 17.8 Å². The van der Waals surface area contributed by atoms with Crippen LogP contribution in [0.1, 0.15) is 6.42 Å². The maximum Gasteiger partial charge on any atom is 0.278 e. The van der Waals surface area contributed by atoms with Gasteiger partial charge in [0.2, 0.25) is 0 Å². The van der Waals surface area contributed by atoms with Gasteiger partial charge in [0.1, 0.15) is 0 Å². The smallest absolute Gasteiger partial charge is 0.278 e. The molecule has 19 heavy (non-hydrogen) atoms. The number of hydrogen-bond acceptors (Lipinski definition) is 8. The van der Waals surface area contributed by atoms with E-state index in [4.69, 9.17) is 5.73 Å². The summed E-state index contributed by atoms with van der Waals surface area (Å²) >= 11 is 0. The lowest BCUT2D eigenvalue weighted by Gasteiger charge is -2.47. The molecule has 6 N–H and O–H groups in total. The molecule has 4 atom stereocenters. The summed E-state index contributed by atoms with van der Waals surface area (Å²) in [6.07, 6.45) is -0.0851. The van der Waals surface area contributed by atoms with Gasteiger partial charge in [0, 0.05) is 19.1 Å². The minimum Gasteiger partial charge on any atom is -0.396 e. The molecule has 0 bridgehead atoms. The average molecular weight is 268 g/mol. The van der Waals surface area contributed by atoms with Gasteiger partial charge in [-0.15, -0.1) is 0 Å². The van der Waals surface area contributed by atoms with Gasteiger partial charge in [-0.05, 0) is 12.3 Å².